The summed E-state index contributed by atoms with van der Waals surface area (Å²) >= 11 is 0. The Hall–Kier alpha value is -1.43. The van der Waals surface area contributed by atoms with E-state index >= 15 is 0 Å². The van der Waals surface area contributed by atoms with Crippen LogP contribution < -0.4 is 5.73 Å². The van der Waals surface area contributed by atoms with Gasteiger partial charge in [0.25, 0.3) is 0 Å². The molecule has 1 aromatic rings. The van der Waals surface area contributed by atoms with Gasteiger partial charge in [0.05, 0.1) is 12.7 Å². The summed E-state index contributed by atoms with van der Waals surface area (Å²) in [5, 5.41) is 7.62. The largest absolute Gasteiger partial charge is 0.340 e. The fourth-order valence-corrected chi connectivity index (χ4v) is 3.00. The molecular weight excluding hydrogens is 242 g/mol. The number of nitrogens with zero attached hydrogens (tertiary/aromatic N) is 4. The number of carbonyl (C=O) groups is 1. The second kappa shape index (κ2) is 6.65. The third kappa shape index (κ3) is 3.32. The van der Waals surface area contributed by atoms with Crippen molar-refractivity contribution in [1.29, 1.82) is 0 Å². The van der Waals surface area contributed by atoms with Gasteiger partial charge in [0, 0.05) is 25.2 Å². The lowest BCUT2D eigenvalue weighted by Crippen LogP contribution is -2.44. The Morgan fingerprint density at radius 1 is 1.53 bits per heavy atom. The van der Waals surface area contributed by atoms with E-state index in [-0.39, 0.29) is 5.91 Å². The first kappa shape index (κ1) is 14.0. The second-order valence-electron chi connectivity index (χ2n) is 5.09. The molecule has 0 radical (unpaired) electrons. The van der Waals surface area contributed by atoms with Crippen LogP contribution >= 0.6 is 0 Å². The first-order valence-electron chi connectivity index (χ1n) is 7.10. The van der Waals surface area contributed by atoms with Gasteiger partial charge in [-0.3, -0.25) is 9.48 Å². The summed E-state index contributed by atoms with van der Waals surface area (Å²) in [6.07, 6.45) is 7.30. The first-order valence-corrected chi connectivity index (χ1v) is 7.10. The van der Waals surface area contributed by atoms with Crippen LogP contribution in [0.2, 0.25) is 0 Å². The number of amides is 1. The zero-order valence-corrected chi connectivity index (χ0v) is 11.5. The van der Waals surface area contributed by atoms with Crippen LogP contribution in [-0.2, 0) is 11.3 Å². The number of carbonyl (C=O) groups excluding carboxylic acids is 1. The van der Waals surface area contributed by atoms with Crippen molar-refractivity contribution in [3.05, 3.63) is 12.4 Å². The number of hydrogen-bond acceptors (Lipinski definition) is 4. The molecule has 1 saturated carbocycles. The molecule has 6 heteroatoms. The van der Waals surface area contributed by atoms with Gasteiger partial charge in [-0.1, -0.05) is 11.6 Å². The molecular formula is C13H23N5O. The van der Waals surface area contributed by atoms with Crippen molar-refractivity contribution in [2.24, 2.45) is 11.7 Å². The van der Waals surface area contributed by atoms with E-state index < -0.39 is 0 Å². The van der Waals surface area contributed by atoms with Gasteiger partial charge in [-0.05, 0) is 32.2 Å². The topological polar surface area (TPSA) is 77.0 Å². The van der Waals surface area contributed by atoms with E-state index in [4.69, 9.17) is 5.73 Å². The Balaban J connectivity index is 1.91. The molecule has 106 valence electrons. The van der Waals surface area contributed by atoms with Gasteiger partial charge >= 0.3 is 0 Å². The van der Waals surface area contributed by atoms with Crippen molar-refractivity contribution in [3.8, 4) is 0 Å². The minimum atomic E-state index is 0.198. The van der Waals surface area contributed by atoms with E-state index in [9.17, 15) is 4.79 Å². The molecule has 2 rings (SSSR count). The van der Waals surface area contributed by atoms with E-state index in [1.807, 2.05) is 11.8 Å². The lowest BCUT2D eigenvalue weighted by molar-refractivity contribution is -0.134. The quantitative estimate of drug-likeness (QED) is 0.819. The van der Waals surface area contributed by atoms with Gasteiger partial charge in [-0.15, -0.1) is 5.10 Å². The van der Waals surface area contributed by atoms with Crippen molar-refractivity contribution in [2.75, 3.05) is 13.1 Å². The zero-order valence-electron chi connectivity index (χ0n) is 11.5. The van der Waals surface area contributed by atoms with E-state index in [1.165, 1.54) is 6.42 Å². The SMILES string of the molecule is CCN(C(=O)CCn1ccnn1)C1CCCC1CN. The molecule has 2 unspecified atom stereocenters. The molecule has 1 aliphatic rings. The Bertz CT molecular complexity index is 392. The molecule has 6 nitrogen and oxygen atoms in total. The van der Waals surface area contributed by atoms with E-state index in [1.54, 1.807) is 17.1 Å². The van der Waals surface area contributed by atoms with E-state index in [0.29, 0.717) is 31.5 Å². The third-order valence-corrected chi connectivity index (χ3v) is 4.01. The van der Waals surface area contributed by atoms with E-state index in [2.05, 4.69) is 10.3 Å². The molecule has 1 amide bonds. The van der Waals surface area contributed by atoms with Crippen molar-refractivity contribution < 1.29 is 4.79 Å². The highest BCUT2D eigenvalue weighted by molar-refractivity contribution is 5.76. The standard InChI is InChI=1S/C13H23N5O/c1-2-18(12-5-3-4-11(12)10-14)13(19)6-8-17-9-7-15-16-17/h7,9,11-12H,2-6,8,10,14H2,1H3. The average molecular weight is 265 g/mol. The van der Waals surface area contributed by atoms with Crippen LogP contribution in [0.4, 0.5) is 0 Å². The van der Waals surface area contributed by atoms with Crippen LogP contribution in [0.1, 0.15) is 32.6 Å². The molecule has 1 heterocycles. The molecule has 2 atom stereocenters. The minimum Gasteiger partial charge on any atom is -0.340 e. The molecule has 1 aromatic heterocycles. The van der Waals surface area contributed by atoms with Gasteiger partial charge < -0.3 is 10.6 Å². The van der Waals surface area contributed by atoms with Crippen LogP contribution in [0.5, 0.6) is 0 Å². The maximum atomic E-state index is 12.3. The van der Waals surface area contributed by atoms with Crippen molar-refractivity contribution in [3.63, 3.8) is 0 Å². The number of aromatic nitrogens is 3. The molecule has 2 N–H and O–H groups in total. The summed E-state index contributed by atoms with van der Waals surface area (Å²) in [5.41, 5.74) is 5.81. The maximum absolute atomic E-state index is 12.3. The normalized spacial score (nSPS) is 22.6. The molecule has 1 fully saturated rings. The summed E-state index contributed by atoms with van der Waals surface area (Å²) in [6.45, 7) is 4.07. The lowest BCUT2D eigenvalue weighted by atomic mass is 10.0. The van der Waals surface area contributed by atoms with Crippen LogP contribution in [0.25, 0.3) is 0 Å². The van der Waals surface area contributed by atoms with Crippen molar-refractivity contribution >= 4 is 5.91 Å². The van der Waals surface area contributed by atoms with Crippen molar-refractivity contribution in [1.82, 2.24) is 19.9 Å². The van der Waals surface area contributed by atoms with Gasteiger partial charge in [-0.25, -0.2) is 0 Å². The van der Waals surface area contributed by atoms with Crippen molar-refractivity contribution in [2.45, 2.75) is 45.2 Å². The Labute approximate surface area is 113 Å². The van der Waals surface area contributed by atoms with Crippen LogP contribution in [-0.4, -0.2) is 44.9 Å². The smallest absolute Gasteiger partial charge is 0.224 e. The zero-order chi connectivity index (χ0) is 13.7. The number of nitrogens with two attached hydrogens (primary N) is 1. The number of rotatable bonds is 6. The van der Waals surface area contributed by atoms with Crippen LogP contribution in [0.3, 0.4) is 0 Å². The highest BCUT2D eigenvalue weighted by atomic mass is 16.2. The molecule has 19 heavy (non-hydrogen) atoms. The fraction of sp³-hybridized carbons (Fsp3) is 0.769. The van der Waals surface area contributed by atoms with Gasteiger partial charge in [0.2, 0.25) is 5.91 Å². The fourth-order valence-electron chi connectivity index (χ4n) is 3.00. The summed E-state index contributed by atoms with van der Waals surface area (Å²) in [5.74, 6) is 0.665. The third-order valence-electron chi connectivity index (χ3n) is 4.01. The predicted octanol–water partition coefficient (Wildman–Crippen LogP) is 0.644. The van der Waals surface area contributed by atoms with Gasteiger partial charge in [-0.2, -0.15) is 0 Å². The lowest BCUT2D eigenvalue weighted by Gasteiger charge is -2.32. The summed E-state index contributed by atoms with van der Waals surface area (Å²) in [6, 6.07) is 0.332. The highest BCUT2D eigenvalue weighted by Crippen LogP contribution is 2.29. The van der Waals surface area contributed by atoms with Gasteiger partial charge in [0.15, 0.2) is 0 Å². The van der Waals surface area contributed by atoms with E-state index in [0.717, 1.165) is 19.4 Å². The average Bonchev–Trinajstić information content (AvgIpc) is 3.08. The Morgan fingerprint density at radius 3 is 3.00 bits per heavy atom. The predicted molar refractivity (Wildman–Crippen MR) is 72.2 cm³/mol. The summed E-state index contributed by atoms with van der Waals surface area (Å²) in [7, 11) is 0. The molecule has 0 spiro atoms. The van der Waals surface area contributed by atoms with Crippen LogP contribution in [0.15, 0.2) is 12.4 Å². The number of hydrogen-bond donors (Lipinski definition) is 1. The summed E-state index contributed by atoms with van der Waals surface area (Å²) in [4.78, 5) is 14.3. The maximum Gasteiger partial charge on any atom is 0.224 e. The molecule has 0 aromatic carbocycles. The molecule has 1 aliphatic carbocycles. The summed E-state index contributed by atoms with van der Waals surface area (Å²) < 4.78 is 1.70. The molecule has 0 bridgehead atoms. The van der Waals surface area contributed by atoms with Gasteiger partial charge in [0.1, 0.15) is 0 Å². The molecule has 0 saturated heterocycles. The second-order valence-corrected chi connectivity index (χ2v) is 5.09. The molecule has 0 aliphatic heterocycles. The Morgan fingerprint density at radius 2 is 2.37 bits per heavy atom. The number of aryl methyl sites for hydroxylation is 1. The highest BCUT2D eigenvalue weighted by Gasteiger charge is 2.32. The Kier molecular flexibility index (Phi) is 4.90. The minimum absolute atomic E-state index is 0.198. The van der Waals surface area contributed by atoms with Crippen LogP contribution in [0, 0.1) is 5.92 Å². The monoisotopic (exact) mass is 265 g/mol. The first-order chi connectivity index (χ1) is 9.26.